The number of carbonyl (C=O) groups excluding carboxylic acids is 1. The average molecular weight is 416 g/mol. The average Bonchev–Trinajstić information content (AvgIpc) is 3.00. The number of rotatable bonds is 4. The zero-order valence-electron chi connectivity index (χ0n) is 16.9. The Morgan fingerprint density at radius 3 is 2.53 bits per heavy atom. The minimum Gasteiger partial charge on any atom is -0.462 e. The second kappa shape index (κ2) is 7.80. The van der Waals surface area contributed by atoms with Crippen molar-refractivity contribution in [3.8, 4) is 0 Å². The van der Waals surface area contributed by atoms with Crippen LogP contribution in [-0.4, -0.2) is 35.6 Å². The molecule has 0 amide bonds. The number of carbonyl (C=O) groups is 1. The normalized spacial score (nSPS) is 14.7. The lowest BCUT2D eigenvalue weighted by Crippen LogP contribution is -2.27. The van der Waals surface area contributed by atoms with Crippen LogP contribution >= 0.6 is 0 Å². The number of ether oxygens (including phenoxy) is 1. The molecule has 0 atom stereocenters. The van der Waals surface area contributed by atoms with Gasteiger partial charge in [0.05, 0.1) is 17.7 Å². The second-order valence-electron chi connectivity index (χ2n) is 7.65. The minimum atomic E-state index is -4.37. The van der Waals surface area contributed by atoms with Gasteiger partial charge in [-0.25, -0.2) is 4.79 Å². The Hall–Kier alpha value is -2.80. The molecular formula is C23H23F3N2O2. The molecule has 4 rings (SSSR count). The van der Waals surface area contributed by atoms with Gasteiger partial charge in [-0.2, -0.15) is 13.2 Å². The van der Waals surface area contributed by atoms with E-state index >= 15 is 0 Å². The molecular weight excluding hydrogens is 393 g/mol. The molecule has 0 N–H and O–H groups in total. The van der Waals surface area contributed by atoms with Crippen LogP contribution in [0.15, 0.2) is 42.5 Å². The fourth-order valence-electron chi connectivity index (χ4n) is 4.09. The van der Waals surface area contributed by atoms with E-state index < -0.39 is 11.7 Å². The maximum Gasteiger partial charge on any atom is 0.416 e. The lowest BCUT2D eigenvalue weighted by molar-refractivity contribution is -0.137. The van der Waals surface area contributed by atoms with Gasteiger partial charge in [-0.1, -0.05) is 12.1 Å². The number of fused-ring (bicyclic) bond motifs is 3. The largest absolute Gasteiger partial charge is 0.462 e. The third-order valence-corrected chi connectivity index (χ3v) is 5.58. The Balaban J connectivity index is 1.74. The van der Waals surface area contributed by atoms with Crippen molar-refractivity contribution in [2.24, 2.45) is 0 Å². The summed E-state index contributed by atoms with van der Waals surface area (Å²) in [6, 6.07) is 11.2. The molecule has 4 nitrogen and oxygen atoms in total. The summed E-state index contributed by atoms with van der Waals surface area (Å²) in [6.07, 6.45) is -3.59. The summed E-state index contributed by atoms with van der Waals surface area (Å²) in [7, 11) is 1.98. The number of hydrogen-bond donors (Lipinski definition) is 0. The van der Waals surface area contributed by atoms with Crippen LogP contribution in [0.5, 0.6) is 0 Å². The monoisotopic (exact) mass is 416 g/mol. The van der Waals surface area contributed by atoms with Gasteiger partial charge in [0, 0.05) is 42.7 Å². The van der Waals surface area contributed by atoms with Gasteiger partial charge in [-0.05, 0) is 55.4 Å². The first-order chi connectivity index (χ1) is 14.3. The topological polar surface area (TPSA) is 34.5 Å². The van der Waals surface area contributed by atoms with E-state index in [0.717, 1.165) is 41.4 Å². The number of aromatic nitrogens is 1. The van der Waals surface area contributed by atoms with E-state index in [1.54, 1.807) is 25.1 Å². The molecule has 0 saturated heterocycles. The fourth-order valence-corrected chi connectivity index (χ4v) is 4.09. The van der Waals surface area contributed by atoms with Crippen molar-refractivity contribution in [3.05, 3.63) is 70.4 Å². The maximum absolute atomic E-state index is 13.3. The molecule has 158 valence electrons. The van der Waals surface area contributed by atoms with Gasteiger partial charge in [0.25, 0.3) is 0 Å². The number of alkyl halides is 3. The van der Waals surface area contributed by atoms with Gasteiger partial charge in [0.2, 0.25) is 0 Å². The zero-order valence-corrected chi connectivity index (χ0v) is 16.9. The summed E-state index contributed by atoms with van der Waals surface area (Å²) in [5.74, 6) is -0.365. The van der Waals surface area contributed by atoms with E-state index in [4.69, 9.17) is 4.74 Å². The lowest BCUT2D eigenvalue weighted by atomic mass is 10.0. The molecule has 0 saturated carbocycles. The molecule has 1 aliphatic rings. The van der Waals surface area contributed by atoms with Crippen molar-refractivity contribution < 1.29 is 22.7 Å². The highest BCUT2D eigenvalue weighted by molar-refractivity contribution is 5.89. The Labute approximate surface area is 172 Å². The highest BCUT2D eigenvalue weighted by Gasteiger charge is 2.32. The predicted molar refractivity (Wildman–Crippen MR) is 108 cm³/mol. The number of hydrogen-bond acceptors (Lipinski definition) is 3. The summed E-state index contributed by atoms with van der Waals surface area (Å²) in [5.41, 5.74) is 3.68. The predicted octanol–water partition coefficient (Wildman–Crippen LogP) is 4.87. The molecule has 0 bridgehead atoms. The van der Waals surface area contributed by atoms with E-state index in [1.165, 1.54) is 6.07 Å². The van der Waals surface area contributed by atoms with Gasteiger partial charge >= 0.3 is 12.1 Å². The Morgan fingerprint density at radius 2 is 1.87 bits per heavy atom. The van der Waals surface area contributed by atoms with Crippen molar-refractivity contribution in [2.75, 3.05) is 20.2 Å². The standard InChI is InChI=1S/C23H23F3N2O2/c1-3-30-22(29)16-6-4-15(5-7-16)13-28-20-9-8-17(23(24,25)26)12-18(20)19-14-27(2)11-10-21(19)28/h4-9,12H,3,10-11,13-14H2,1-2H3. The summed E-state index contributed by atoms with van der Waals surface area (Å²) in [6.45, 7) is 4.09. The molecule has 30 heavy (non-hydrogen) atoms. The van der Waals surface area contributed by atoms with E-state index in [1.807, 2.05) is 19.2 Å². The SMILES string of the molecule is CCOC(=O)c1ccc(Cn2c3c(c4cc(C(F)(F)F)ccc42)CN(C)CC3)cc1. The van der Waals surface area contributed by atoms with Crippen molar-refractivity contribution in [2.45, 2.75) is 32.6 Å². The molecule has 2 aromatic carbocycles. The van der Waals surface area contributed by atoms with Gasteiger partial charge in [-0.15, -0.1) is 0 Å². The Morgan fingerprint density at radius 1 is 1.13 bits per heavy atom. The quantitative estimate of drug-likeness (QED) is 0.569. The van der Waals surface area contributed by atoms with Crippen LogP contribution in [-0.2, 0) is 30.4 Å². The van der Waals surface area contributed by atoms with E-state index in [9.17, 15) is 18.0 Å². The molecule has 0 unspecified atom stereocenters. The van der Waals surface area contributed by atoms with Crippen LogP contribution in [0.25, 0.3) is 10.9 Å². The third-order valence-electron chi connectivity index (χ3n) is 5.58. The molecule has 1 aromatic heterocycles. The van der Waals surface area contributed by atoms with Crippen molar-refractivity contribution in [1.29, 1.82) is 0 Å². The summed E-state index contributed by atoms with van der Waals surface area (Å²) >= 11 is 0. The highest BCUT2D eigenvalue weighted by Crippen LogP contribution is 2.36. The molecule has 0 fully saturated rings. The number of benzene rings is 2. The van der Waals surface area contributed by atoms with Crippen LogP contribution in [0.2, 0.25) is 0 Å². The van der Waals surface area contributed by atoms with Crippen LogP contribution in [0.4, 0.5) is 13.2 Å². The van der Waals surface area contributed by atoms with E-state index in [0.29, 0.717) is 30.6 Å². The summed E-state index contributed by atoms with van der Waals surface area (Å²) in [4.78, 5) is 14.0. The van der Waals surface area contributed by atoms with Gasteiger partial charge in [0.15, 0.2) is 0 Å². The number of likely N-dealkylation sites (N-methyl/N-ethyl adjacent to an activating group) is 1. The number of halogens is 3. The fraction of sp³-hybridized carbons (Fsp3) is 0.348. The van der Waals surface area contributed by atoms with Crippen LogP contribution in [0.1, 0.15) is 39.7 Å². The van der Waals surface area contributed by atoms with Crippen molar-refractivity contribution in [1.82, 2.24) is 9.47 Å². The first-order valence-corrected chi connectivity index (χ1v) is 9.93. The smallest absolute Gasteiger partial charge is 0.416 e. The first kappa shape index (κ1) is 20.5. The summed E-state index contributed by atoms with van der Waals surface area (Å²) < 4.78 is 47.0. The second-order valence-corrected chi connectivity index (χ2v) is 7.65. The molecule has 0 aliphatic carbocycles. The van der Waals surface area contributed by atoms with E-state index in [-0.39, 0.29) is 5.97 Å². The van der Waals surface area contributed by atoms with E-state index in [2.05, 4.69) is 9.47 Å². The Bertz CT molecular complexity index is 1080. The third kappa shape index (κ3) is 3.81. The highest BCUT2D eigenvalue weighted by atomic mass is 19.4. The molecule has 3 aromatic rings. The van der Waals surface area contributed by atoms with Crippen molar-refractivity contribution >= 4 is 16.9 Å². The molecule has 2 heterocycles. The molecule has 0 spiro atoms. The number of nitrogens with zero attached hydrogens (tertiary/aromatic N) is 2. The zero-order chi connectivity index (χ0) is 21.5. The van der Waals surface area contributed by atoms with Crippen LogP contribution in [0.3, 0.4) is 0 Å². The number of esters is 1. The molecule has 0 radical (unpaired) electrons. The maximum atomic E-state index is 13.3. The summed E-state index contributed by atoms with van der Waals surface area (Å²) in [5, 5.41) is 0.662. The van der Waals surface area contributed by atoms with Crippen LogP contribution in [0, 0.1) is 0 Å². The van der Waals surface area contributed by atoms with Crippen molar-refractivity contribution in [3.63, 3.8) is 0 Å². The van der Waals surface area contributed by atoms with Gasteiger partial charge in [-0.3, -0.25) is 0 Å². The van der Waals surface area contributed by atoms with Gasteiger partial charge in [0.1, 0.15) is 0 Å². The van der Waals surface area contributed by atoms with Crippen LogP contribution < -0.4 is 0 Å². The lowest BCUT2D eigenvalue weighted by Gasteiger charge is -2.24. The first-order valence-electron chi connectivity index (χ1n) is 9.93. The minimum absolute atomic E-state index is 0.316. The Kier molecular flexibility index (Phi) is 5.32. The van der Waals surface area contributed by atoms with Gasteiger partial charge < -0.3 is 14.2 Å². The molecule has 1 aliphatic heterocycles. The molecule has 7 heteroatoms.